The molecule has 0 atom stereocenters. The van der Waals surface area contributed by atoms with Crippen LogP contribution in [0, 0.1) is 17.5 Å². The molecule has 5 heteroatoms. The zero-order valence-corrected chi connectivity index (χ0v) is 19.3. The fraction of sp³-hybridized carbons (Fsp3) is 0.310. The minimum Gasteiger partial charge on any atom is -0.491 e. The van der Waals surface area contributed by atoms with E-state index < -0.39 is 17.5 Å². The average molecular weight is 467 g/mol. The first kappa shape index (κ1) is 24.1. The zero-order valence-electron chi connectivity index (χ0n) is 19.3. The van der Waals surface area contributed by atoms with E-state index >= 15 is 4.39 Å². The highest BCUT2D eigenvalue weighted by molar-refractivity contribution is 5.66. The normalized spacial score (nSPS) is 18.0. The van der Waals surface area contributed by atoms with Crippen molar-refractivity contribution >= 4 is 6.08 Å². The van der Waals surface area contributed by atoms with Crippen molar-refractivity contribution in [1.29, 1.82) is 0 Å². The van der Waals surface area contributed by atoms with Crippen molar-refractivity contribution in [3.8, 4) is 16.9 Å². The molecule has 3 aromatic carbocycles. The van der Waals surface area contributed by atoms with Crippen LogP contribution in [-0.4, -0.2) is 12.7 Å². The van der Waals surface area contributed by atoms with E-state index in [9.17, 15) is 8.78 Å². The first-order chi connectivity index (χ1) is 16.5. The molecule has 4 rings (SSSR count). The zero-order chi connectivity index (χ0) is 24.1. The van der Waals surface area contributed by atoms with Crippen molar-refractivity contribution in [3.05, 3.63) is 95.3 Å². The quantitative estimate of drug-likeness (QED) is 0.334. The van der Waals surface area contributed by atoms with Crippen LogP contribution in [0.3, 0.4) is 0 Å². The second kappa shape index (κ2) is 10.9. The molecule has 0 aromatic heterocycles. The van der Waals surface area contributed by atoms with Crippen molar-refractivity contribution < 1.29 is 22.6 Å². The molecule has 0 unspecified atom stereocenters. The summed E-state index contributed by atoms with van der Waals surface area (Å²) < 4.78 is 55.2. The number of hydrogen-bond donors (Lipinski definition) is 0. The largest absolute Gasteiger partial charge is 0.491 e. The highest BCUT2D eigenvalue weighted by Gasteiger charge is 2.27. The second-order valence-electron chi connectivity index (χ2n) is 8.64. The topological polar surface area (TPSA) is 18.5 Å². The second-order valence-corrected chi connectivity index (χ2v) is 8.64. The maximum absolute atomic E-state index is 15.0. The van der Waals surface area contributed by atoms with Crippen molar-refractivity contribution in [3.63, 3.8) is 0 Å². The Morgan fingerprint density at radius 3 is 2.29 bits per heavy atom. The van der Waals surface area contributed by atoms with Gasteiger partial charge in [0.05, 0.1) is 19.3 Å². The molecule has 178 valence electrons. The van der Waals surface area contributed by atoms with Gasteiger partial charge < -0.3 is 9.47 Å². The van der Waals surface area contributed by atoms with Gasteiger partial charge in [0, 0.05) is 5.56 Å². The lowest BCUT2D eigenvalue weighted by molar-refractivity contribution is 0.0130. The van der Waals surface area contributed by atoms with Gasteiger partial charge >= 0.3 is 0 Å². The van der Waals surface area contributed by atoms with Gasteiger partial charge in [0.2, 0.25) is 0 Å². The van der Waals surface area contributed by atoms with Crippen LogP contribution in [0.25, 0.3) is 17.2 Å². The van der Waals surface area contributed by atoms with E-state index in [4.69, 9.17) is 9.47 Å². The highest BCUT2D eigenvalue weighted by atomic mass is 19.2. The summed E-state index contributed by atoms with van der Waals surface area (Å²) in [5.41, 5.74) is 2.99. The maximum Gasteiger partial charge on any atom is 0.166 e. The number of halogens is 3. The SMILES string of the molecule is C=Cc1ccc(-c2ccc(C3CCC(OCc4ccc(OCC)c(F)c4)CC3)c(F)c2F)cc1. The summed E-state index contributed by atoms with van der Waals surface area (Å²) in [7, 11) is 0. The van der Waals surface area contributed by atoms with Crippen molar-refractivity contribution in [2.45, 2.75) is 51.2 Å². The van der Waals surface area contributed by atoms with Gasteiger partial charge in [0.25, 0.3) is 0 Å². The molecule has 3 aromatic rings. The average Bonchev–Trinajstić information content (AvgIpc) is 2.86. The third-order valence-corrected chi connectivity index (χ3v) is 6.47. The summed E-state index contributed by atoms with van der Waals surface area (Å²) in [5, 5.41) is 0. The maximum atomic E-state index is 15.0. The standard InChI is InChI=1S/C29H29F3O2/c1-3-19-5-8-21(9-6-19)24-14-15-25(29(32)28(24)31)22-10-12-23(13-11-22)34-18-20-7-16-27(33-4-2)26(30)17-20/h3,5-9,14-17,22-23H,1,4,10-13,18H2,2H3. The van der Waals surface area contributed by atoms with Gasteiger partial charge in [-0.3, -0.25) is 0 Å². The van der Waals surface area contributed by atoms with E-state index in [1.54, 1.807) is 42.5 Å². The molecular weight excluding hydrogens is 437 g/mol. The molecule has 0 heterocycles. The Morgan fingerprint density at radius 1 is 0.912 bits per heavy atom. The molecule has 0 saturated heterocycles. The number of benzene rings is 3. The Kier molecular flexibility index (Phi) is 7.73. The first-order valence-corrected chi connectivity index (χ1v) is 11.7. The van der Waals surface area contributed by atoms with Crippen LogP contribution >= 0.6 is 0 Å². The Hall–Kier alpha value is -3.05. The summed E-state index contributed by atoms with van der Waals surface area (Å²) in [6.45, 7) is 6.24. The molecule has 0 radical (unpaired) electrons. The molecule has 0 spiro atoms. The lowest BCUT2D eigenvalue weighted by Gasteiger charge is -2.29. The fourth-order valence-electron chi connectivity index (χ4n) is 4.56. The van der Waals surface area contributed by atoms with Crippen molar-refractivity contribution in [2.75, 3.05) is 6.61 Å². The number of rotatable bonds is 8. The van der Waals surface area contributed by atoms with Gasteiger partial charge in [0.15, 0.2) is 23.2 Å². The smallest absolute Gasteiger partial charge is 0.166 e. The Bertz CT molecular complexity index is 1130. The van der Waals surface area contributed by atoms with Crippen molar-refractivity contribution in [1.82, 2.24) is 0 Å². The monoisotopic (exact) mass is 466 g/mol. The molecule has 0 bridgehead atoms. The molecule has 0 N–H and O–H groups in total. The van der Waals surface area contributed by atoms with Crippen LogP contribution in [0.2, 0.25) is 0 Å². The predicted octanol–water partition coefficient (Wildman–Crippen LogP) is 8.06. The summed E-state index contributed by atoms with van der Waals surface area (Å²) in [6, 6.07) is 15.4. The Morgan fingerprint density at radius 2 is 1.65 bits per heavy atom. The first-order valence-electron chi connectivity index (χ1n) is 11.7. The van der Waals surface area contributed by atoms with Gasteiger partial charge in [-0.2, -0.15) is 0 Å². The summed E-state index contributed by atoms with van der Waals surface area (Å²) in [4.78, 5) is 0. The molecular formula is C29H29F3O2. The van der Waals surface area contributed by atoms with Gasteiger partial charge in [-0.15, -0.1) is 0 Å². The van der Waals surface area contributed by atoms with E-state index in [1.165, 1.54) is 6.07 Å². The van der Waals surface area contributed by atoms with Gasteiger partial charge in [-0.1, -0.05) is 55.1 Å². The van der Waals surface area contributed by atoms with Crippen LogP contribution in [-0.2, 0) is 11.3 Å². The molecule has 1 aliphatic rings. The van der Waals surface area contributed by atoms with Crippen LogP contribution in [0.4, 0.5) is 13.2 Å². The van der Waals surface area contributed by atoms with E-state index in [2.05, 4.69) is 6.58 Å². The third-order valence-electron chi connectivity index (χ3n) is 6.47. The van der Waals surface area contributed by atoms with Crippen LogP contribution < -0.4 is 4.74 Å². The minimum absolute atomic E-state index is 0.0152. The Labute approximate surface area is 199 Å². The van der Waals surface area contributed by atoms with E-state index in [-0.39, 0.29) is 23.3 Å². The molecule has 2 nitrogen and oxygen atoms in total. The summed E-state index contributed by atoms with van der Waals surface area (Å²) in [5.74, 6) is -1.78. The van der Waals surface area contributed by atoms with Crippen molar-refractivity contribution in [2.24, 2.45) is 0 Å². The lowest BCUT2D eigenvalue weighted by atomic mass is 9.82. The highest BCUT2D eigenvalue weighted by Crippen LogP contribution is 2.38. The molecule has 1 fully saturated rings. The third kappa shape index (κ3) is 5.36. The van der Waals surface area contributed by atoms with E-state index in [0.717, 1.165) is 24.0 Å². The Balaban J connectivity index is 1.36. The van der Waals surface area contributed by atoms with E-state index in [1.807, 2.05) is 19.1 Å². The van der Waals surface area contributed by atoms with Crippen LogP contribution in [0.1, 0.15) is 55.2 Å². The molecule has 0 amide bonds. The lowest BCUT2D eigenvalue weighted by Crippen LogP contribution is -2.21. The molecule has 1 aliphatic carbocycles. The molecule has 0 aliphatic heterocycles. The summed E-state index contributed by atoms with van der Waals surface area (Å²) >= 11 is 0. The van der Waals surface area contributed by atoms with Crippen LogP contribution in [0.15, 0.2) is 61.2 Å². The predicted molar refractivity (Wildman–Crippen MR) is 129 cm³/mol. The van der Waals surface area contributed by atoms with Gasteiger partial charge in [-0.25, -0.2) is 13.2 Å². The molecule has 1 saturated carbocycles. The van der Waals surface area contributed by atoms with Crippen LogP contribution in [0.5, 0.6) is 5.75 Å². The molecule has 34 heavy (non-hydrogen) atoms. The van der Waals surface area contributed by atoms with Gasteiger partial charge in [0.1, 0.15) is 0 Å². The summed E-state index contributed by atoms with van der Waals surface area (Å²) in [6.07, 6.45) is 4.64. The van der Waals surface area contributed by atoms with Gasteiger partial charge in [-0.05, 0) is 72.9 Å². The number of hydrogen-bond acceptors (Lipinski definition) is 2. The fourth-order valence-corrected chi connectivity index (χ4v) is 4.56. The minimum atomic E-state index is -0.806. The number of ether oxygens (including phenoxy) is 2. The van der Waals surface area contributed by atoms with E-state index in [0.29, 0.717) is 37.2 Å².